The summed E-state index contributed by atoms with van der Waals surface area (Å²) in [6.07, 6.45) is -3.08. The summed E-state index contributed by atoms with van der Waals surface area (Å²) in [5, 5.41) is 5.70. The van der Waals surface area contributed by atoms with E-state index in [4.69, 9.17) is 4.74 Å². The molecule has 0 aliphatic heterocycles. The summed E-state index contributed by atoms with van der Waals surface area (Å²) in [6, 6.07) is 1.48. The van der Waals surface area contributed by atoms with Crippen LogP contribution in [0.4, 0.5) is 24.8 Å². The van der Waals surface area contributed by atoms with Gasteiger partial charge in [-0.05, 0) is 19.8 Å². The van der Waals surface area contributed by atoms with Crippen LogP contribution in [-0.2, 0) is 10.9 Å². The lowest BCUT2D eigenvalue weighted by Gasteiger charge is -2.12. The molecule has 5 nitrogen and oxygen atoms in total. The zero-order valence-electron chi connectivity index (χ0n) is 12.3. The van der Waals surface area contributed by atoms with Crippen molar-refractivity contribution in [2.75, 3.05) is 36.9 Å². The summed E-state index contributed by atoms with van der Waals surface area (Å²) in [7, 11) is 0. The highest BCUT2D eigenvalue weighted by Crippen LogP contribution is 2.28. The number of nitrogens with one attached hydrogen (secondary N) is 2. The Morgan fingerprint density at radius 2 is 1.71 bits per heavy atom. The third-order valence-corrected chi connectivity index (χ3v) is 2.51. The Morgan fingerprint density at radius 1 is 1.10 bits per heavy atom. The van der Waals surface area contributed by atoms with E-state index in [1.807, 2.05) is 13.8 Å². The van der Waals surface area contributed by atoms with Crippen molar-refractivity contribution in [1.29, 1.82) is 0 Å². The third kappa shape index (κ3) is 6.61. The lowest BCUT2D eigenvalue weighted by Crippen LogP contribution is -2.16. The van der Waals surface area contributed by atoms with E-state index in [1.54, 1.807) is 0 Å². The normalized spacial score (nSPS) is 11.5. The van der Waals surface area contributed by atoms with Crippen molar-refractivity contribution in [2.24, 2.45) is 0 Å². The molecule has 0 unspecified atom stereocenters. The lowest BCUT2D eigenvalue weighted by atomic mass is 10.4. The second kappa shape index (κ2) is 8.66. The van der Waals surface area contributed by atoms with Crippen molar-refractivity contribution in [3.63, 3.8) is 0 Å². The molecule has 0 amide bonds. The molecule has 8 heteroatoms. The molecule has 2 N–H and O–H groups in total. The zero-order valence-corrected chi connectivity index (χ0v) is 12.3. The van der Waals surface area contributed by atoms with E-state index in [0.717, 1.165) is 6.42 Å². The van der Waals surface area contributed by atoms with Crippen molar-refractivity contribution in [3.8, 4) is 0 Å². The van der Waals surface area contributed by atoms with Gasteiger partial charge in [0.05, 0.1) is 0 Å². The monoisotopic (exact) mass is 306 g/mol. The van der Waals surface area contributed by atoms with E-state index < -0.39 is 12.0 Å². The van der Waals surface area contributed by atoms with Crippen LogP contribution in [0.2, 0.25) is 0 Å². The average Bonchev–Trinajstić information content (AvgIpc) is 2.44. The molecule has 0 saturated carbocycles. The fourth-order valence-electron chi connectivity index (χ4n) is 1.54. The fraction of sp³-hybridized carbons (Fsp3) is 0.692. The predicted octanol–water partition coefficient (Wildman–Crippen LogP) is 3.16. The maximum absolute atomic E-state index is 12.8. The predicted molar refractivity (Wildman–Crippen MR) is 75.4 cm³/mol. The second-order valence-electron chi connectivity index (χ2n) is 4.36. The van der Waals surface area contributed by atoms with Gasteiger partial charge in [0.15, 0.2) is 0 Å². The van der Waals surface area contributed by atoms with Gasteiger partial charge in [0, 0.05) is 32.4 Å². The molecule has 0 saturated heterocycles. The number of aromatic nitrogens is 2. The minimum atomic E-state index is -4.56. The maximum atomic E-state index is 12.8. The molecule has 0 bridgehead atoms. The highest BCUT2D eigenvalue weighted by molar-refractivity contribution is 5.47. The van der Waals surface area contributed by atoms with Gasteiger partial charge in [0.1, 0.15) is 11.6 Å². The van der Waals surface area contributed by atoms with Gasteiger partial charge in [0.25, 0.3) is 0 Å². The number of nitrogens with zero attached hydrogens (tertiary/aromatic N) is 2. The molecule has 1 heterocycles. The van der Waals surface area contributed by atoms with E-state index >= 15 is 0 Å². The third-order valence-electron chi connectivity index (χ3n) is 2.51. The quantitative estimate of drug-likeness (QED) is 0.686. The van der Waals surface area contributed by atoms with Crippen LogP contribution in [0, 0.1) is 0 Å². The van der Waals surface area contributed by atoms with Crippen LogP contribution >= 0.6 is 0 Å². The second-order valence-corrected chi connectivity index (χ2v) is 4.36. The number of ether oxygens (including phenoxy) is 1. The van der Waals surface area contributed by atoms with E-state index in [0.29, 0.717) is 32.7 Å². The van der Waals surface area contributed by atoms with Crippen LogP contribution in [-0.4, -0.2) is 36.3 Å². The van der Waals surface area contributed by atoms with Crippen molar-refractivity contribution < 1.29 is 17.9 Å². The molecule has 0 aliphatic rings. The molecule has 1 aromatic heterocycles. The number of hydrogen-bond acceptors (Lipinski definition) is 5. The van der Waals surface area contributed by atoms with Crippen LogP contribution < -0.4 is 10.6 Å². The van der Waals surface area contributed by atoms with Crippen LogP contribution in [0.25, 0.3) is 0 Å². The van der Waals surface area contributed by atoms with Crippen LogP contribution in [0.5, 0.6) is 0 Å². The summed E-state index contributed by atoms with van der Waals surface area (Å²) in [5.74, 6) is -0.810. The van der Waals surface area contributed by atoms with Crippen molar-refractivity contribution in [1.82, 2.24) is 9.97 Å². The van der Waals surface area contributed by atoms with Crippen LogP contribution in [0.3, 0.4) is 0 Å². The van der Waals surface area contributed by atoms with Gasteiger partial charge in [-0.1, -0.05) is 6.92 Å². The molecule has 0 fully saturated rings. The maximum Gasteiger partial charge on any atom is 0.451 e. The molecule has 0 aromatic carbocycles. The van der Waals surface area contributed by atoms with Gasteiger partial charge in [-0.15, -0.1) is 0 Å². The SMILES string of the molecule is CCCNc1cc(NCCCOCC)nc(C(F)(F)F)n1. The van der Waals surface area contributed by atoms with Crippen molar-refractivity contribution in [3.05, 3.63) is 11.9 Å². The molecule has 21 heavy (non-hydrogen) atoms. The Labute approximate surface area is 122 Å². The summed E-state index contributed by atoms with van der Waals surface area (Å²) in [4.78, 5) is 6.99. The number of alkyl halides is 3. The summed E-state index contributed by atoms with van der Waals surface area (Å²) >= 11 is 0. The Bertz CT molecular complexity index is 426. The van der Waals surface area contributed by atoms with Crippen molar-refractivity contribution >= 4 is 11.6 Å². The van der Waals surface area contributed by atoms with Gasteiger partial charge in [-0.3, -0.25) is 0 Å². The molecular weight excluding hydrogens is 285 g/mol. The molecule has 0 aliphatic carbocycles. The van der Waals surface area contributed by atoms with Gasteiger partial charge in [0.2, 0.25) is 5.82 Å². The minimum absolute atomic E-state index is 0.160. The first kappa shape index (κ1) is 17.5. The van der Waals surface area contributed by atoms with E-state index in [9.17, 15) is 13.2 Å². The smallest absolute Gasteiger partial charge is 0.382 e. The Balaban J connectivity index is 2.72. The van der Waals surface area contributed by atoms with Crippen LogP contribution in [0.15, 0.2) is 6.07 Å². The molecule has 1 rings (SSSR count). The number of anilines is 2. The largest absolute Gasteiger partial charge is 0.451 e. The summed E-state index contributed by atoms with van der Waals surface area (Å²) in [5.41, 5.74) is 0. The molecule has 120 valence electrons. The van der Waals surface area contributed by atoms with E-state index in [2.05, 4.69) is 20.6 Å². The minimum Gasteiger partial charge on any atom is -0.382 e. The first-order chi connectivity index (χ1) is 9.97. The summed E-state index contributed by atoms with van der Waals surface area (Å²) < 4.78 is 43.4. The van der Waals surface area contributed by atoms with Gasteiger partial charge >= 0.3 is 6.18 Å². The Kier molecular flexibility index (Phi) is 7.21. The number of halogens is 3. The first-order valence-corrected chi connectivity index (χ1v) is 6.99. The van der Waals surface area contributed by atoms with Crippen molar-refractivity contribution in [2.45, 2.75) is 32.9 Å². The van der Waals surface area contributed by atoms with E-state index in [1.165, 1.54) is 6.07 Å². The number of hydrogen-bond donors (Lipinski definition) is 2. The van der Waals surface area contributed by atoms with Crippen LogP contribution in [0.1, 0.15) is 32.5 Å². The zero-order chi connectivity index (χ0) is 15.7. The van der Waals surface area contributed by atoms with Gasteiger partial charge in [-0.2, -0.15) is 13.2 Å². The fourth-order valence-corrected chi connectivity index (χ4v) is 1.54. The highest BCUT2D eigenvalue weighted by Gasteiger charge is 2.35. The average molecular weight is 306 g/mol. The summed E-state index contributed by atoms with van der Waals surface area (Å²) in [6.45, 7) is 6.03. The molecule has 0 spiro atoms. The molecule has 0 atom stereocenters. The topological polar surface area (TPSA) is 59.1 Å². The van der Waals surface area contributed by atoms with Gasteiger partial charge in [-0.25, -0.2) is 9.97 Å². The van der Waals surface area contributed by atoms with Gasteiger partial charge < -0.3 is 15.4 Å². The lowest BCUT2D eigenvalue weighted by molar-refractivity contribution is -0.144. The molecule has 1 aromatic rings. The van der Waals surface area contributed by atoms with E-state index in [-0.39, 0.29) is 11.6 Å². The highest BCUT2D eigenvalue weighted by atomic mass is 19.4. The molecular formula is C13H21F3N4O. The number of rotatable bonds is 9. The molecule has 0 radical (unpaired) electrons. The first-order valence-electron chi connectivity index (χ1n) is 6.99. The standard InChI is InChI=1S/C13H21F3N4O/c1-3-6-17-10-9-11(18-7-5-8-21-4-2)20-12(19-10)13(14,15)16/h9H,3-8H2,1-2H3,(H2,17,18,19,20). The Hall–Kier alpha value is -1.57. The Morgan fingerprint density at radius 3 is 2.24 bits per heavy atom.